The highest BCUT2D eigenvalue weighted by Crippen LogP contribution is 2.29. The Morgan fingerprint density at radius 2 is 1.93 bits per heavy atom. The predicted octanol–water partition coefficient (Wildman–Crippen LogP) is 0.103. The van der Waals surface area contributed by atoms with Gasteiger partial charge in [0.25, 0.3) is 5.91 Å². The van der Waals surface area contributed by atoms with Crippen LogP contribution >= 0.6 is 0 Å². The highest BCUT2D eigenvalue weighted by molar-refractivity contribution is 5.93. The number of cyclic esters (lactones) is 1. The number of ether oxygens (including phenoxy) is 2. The normalized spacial score (nSPS) is 28.9. The molecule has 3 aliphatic heterocycles. The van der Waals surface area contributed by atoms with Gasteiger partial charge in [-0.3, -0.25) is 4.79 Å². The first-order chi connectivity index (χ1) is 13.5. The van der Waals surface area contributed by atoms with E-state index < -0.39 is 6.09 Å². The summed E-state index contributed by atoms with van der Waals surface area (Å²) in [5, 5.41) is 14.7. The molecule has 2 N–H and O–H groups in total. The Morgan fingerprint density at radius 3 is 2.57 bits per heavy atom. The smallest absolute Gasteiger partial charge is 0.407 e. The minimum atomic E-state index is -0.416. The highest BCUT2D eigenvalue weighted by Gasteiger charge is 2.34. The number of hydrogen-bond donors (Lipinski definition) is 2. The molecule has 0 spiro atoms. The zero-order valence-corrected chi connectivity index (χ0v) is 16.4. The Hall–Kier alpha value is -2.20. The van der Waals surface area contributed by atoms with Gasteiger partial charge in [-0.15, -0.1) is 5.10 Å². The molecule has 0 aromatic carbocycles. The van der Waals surface area contributed by atoms with Crippen LogP contribution in [0.25, 0.3) is 0 Å². The van der Waals surface area contributed by atoms with E-state index in [0.29, 0.717) is 31.9 Å². The topological polar surface area (TPSA) is 111 Å². The molecular formula is C18H28N6O4. The Morgan fingerprint density at radius 1 is 1.21 bits per heavy atom. The van der Waals surface area contributed by atoms with Crippen LogP contribution in [0.3, 0.4) is 0 Å². The van der Waals surface area contributed by atoms with E-state index in [4.69, 9.17) is 9.47 Å². The average molecular weight is 392 g/mol. The van der Waals surface area contributed by atoms with Crippen LogP contribution in [0.2, 0.25) is 0 Å². The zero-order chi connectivity index (χ0) is 19.7. The molecular weight excluding hydrogens is 364 g/mol. The molecule has 0 aliphatic carbocycles. The summed E-state index contributed by atoms with van der Waals surface area (Å²) >= 11 is 0. The average Bonchev–Trinajstić information content (AvgIpc) is 3.27. The summed E-state index contributed by atoms with van der Waals surface area (Å²) in [6.45, 7) is 7.60. The molecule has 28 heavy (non-hydrogen) atoms. The maximum absolute atomic E-state index is 13.3. The number of aromatic nitrogens is 3. The first-order valence-electron chi connectivity index (χ1n) is 10.0. The van der Waals surface area contributed by atoms with Gasteiger partial charge in [-0.05, 0) is 39.8 Å². The molecule has 0 radical (unpaired) electrons. The van der Waals surface area contributed by atoms with Crippen molar-refractivity contribution in [3.63, 3.8) is 0 Å². The van der Waals surface area contributed by atoms with E-state index in [1.807, 2.05) is 18.7 Å². The lowest BCUT2D eigenvalue weighted by molar-refractivity contribution is -0.0587. The third-order valence-electron chi connectivity index (χ3n) is 5.54. The zero-order valence-electron chi connectivity index (χ0n) is 16.4. The van der Waals surface area contributed by atoms with Gasteiger partial charge in [-0.1, -0.05) is 5.21 Å². The first-order valence-corrected chi connectivity index (χ1v) is 10.0. The molecule has 0 bridgehead atoms. The van der Waals surface area contributed by atoms with Gasteiger partial charge in [0.1, 0.15) is 6.61 Å². The largest absolute Gasteiger partial charge is 0.447 e. The summed E-state index contributed by atoms with van der Waals surface area (Å²) in [6, 6.07) is -0.166. The molecule has 3 saturated heterocycles. The third-order valence-corrected chi connectivity index (χ3v) is 5.54. The number of morpholine rings is 1. The number of alkyl carbamates (subject to hydrolysis) is 1. The van der Waals surface area contributed by atoms with E-state index >= 15 is 0 Å². The molecule has 1 aromatic heterocycles. The molecule has 2 amide bonds. The van der Waals surface area contributed by atoms with E-state index in [9.17, 15) is 9.59 Å². The van der Waals surface area contributed by atoms with Gasteiger partial charge >= 0.3 is 6.09 Å². The Labute approximate surface area is 163 Å². The fourth-order valence-electron chi connectivity index (χ4n) is 4.33. The molecule has 154 valence electrons. The maximum atomic E-state index is 13.3. The van der Waals surface area contributed by atoms with Crippen molar-refractivity contribution in [1.29, 1.82) is 0 Å². The third kappa shape index (κ3) is 3.97. The molecule has 10 heteroatoms. The maximum Gasteiger partial charge on any atom is 0.407 e. The van der Waals surface area contributed by atoms with Crippen molar-refractivity contribution in [2.24, 2.45) is 0 Å². The predicted molar refractivity (Wildman–Crippen MR) is 99.1 cm³/mol. The number of amides is 2. The molecule has 3 aliphatic rings. The molecule has 0 saturated carbocycles. The fourth-order valence-corrected chi connectivity index (χ4v) is 4.33. The van der Waals surface area contributed by atoms with Crippen LogP contribution in [-0.2, 0) is 16.0 Å². The number of rotatable bonds is 4. The molecule has 1 aromatic rings. The van der Waals surface area contributed by atoms with Gasteiger partial charge < -0.3 is 25.0 Å². The van der Waals surface area contributed by atoms with Crippen LogP contribution in [0, 0.1) is 0 Å². The van der Waals surface area contributed by atoms with Gasteiger partial charge in [-0.25, -0.2) is 9.48 Å². The van der Waals surface area contributed by atoms with Gasteiger partial charge in [0.15, 0.2) is 5.69 Å². The quantitative estimate of drug-likeness (QED) is 0.748. The van der Waals surface area contributed by atoms with Crippen molar-refractivity contribution in [3.8, 4) is 0 Å². The van der Waals surface area contributed by atoms with E-state index in [1.165, 1.54) is 0 Å². The lowest BCUT2D eigenvalue weighted by Gasteiger charge is -2.35. The Bertz CT molecular complexity index is 722. The number of hydrogen-bond acceptors (Lipinski definition) is 7. The minimum Gasteiger partial charge on any atom is -0.447 e. The highest BCUT2D eigenvalue weighted by atomic mass is 16.6. The molecule has 3 fully saturated rings. The van der Waals surface area contributed by atoms with Crippen LogP contribution in [0.15, 0.2) is 0 Å². The van der Waals surface area contributed by atoms with Crippen LogP contribution in [0.4, 0.5) is 4.79 Å². The van der Waals surface area contributed by atoms with Crippen LogP contribution in [0.5, 0.6) is 0 Å². The number of nitrogens with one attached hydrogen (secondary N) is 2. The number of carbonyl (C=O) groups excluding carboxylic acids is 2. The van der Waals surface area contributed by atoms with E-state index in [-0.39, 0.29) is 30.1 Å². The van der Waals surface area contributed by atoms with Crippen LogP contribution < -0.4 is 10.6 Å². The van der Waals surface area contributed by atoms with Crippen molar-refractivity contribution in [2.75, 3.05) is 32.8 Å². The van der Waals surface area contributed by atoms with Gasteiger partial charge in [0.05, 0.1) is 30.5 Å². The summed E-state index contributed by atoms with van der Waals surface area (Å²) < 4.78 is 12.5. The monoisotopic (exact) mass is 392 g/mol. The summed E-state index contributed by atoms with van der Waals surface area (Å²) in [5.41, 5.74) is 1.30. The lowest BCUT2D eigenvalue weighted by atomic mass is 9.92. The van der Waals surface area contributed by atoms with E-state index in [2.05, 4.69) is 20.9 Å². The van der Waals surface area contributed by atoms with Gasteiger partial charge in [0, 0.05) is 19.0 Å². The van der Waals surface area contributed by atoms with Crippen molar-refractivity contribution in [1.82, 2.24) is 30.5 Å². The molecule has 4 heterocycles. The van der Waals surface area contributed by atoms with Crippen molar-refractivity contribution in [3.05, 3.63) is 11.4 Å². The Balaban J connectivity index is 1.60. The van der Waals surface area contributed by atoms with Crippen molar-refractivity contribution < 1.29 is 19.1 Å². The lowest BCUT2D eigenvalue weighted by Crippen LogP contribution is -2.48. The minimum absolute atomic E-state index is 0.00377. The second kappa shape index (κ2) is 8.04. The van der Waals surface area contributed by atoms with Gasteiger partial charge in [0.2, 0.25) is 0 Å². The van der Waals surface area contributed by atoms with Crippen molar-refractivity contribution >= 4 is 12.0 Å². The Kier molecular flexibility index (Phi) is 5.49. The molecule has 1 unspecified atom stereocenters. The number of carbonyl (C=O) groups is 2. The summed E-state index contributed by atoms with van der Waals surface area (Å²) in [7, 11) is 0. The second-order valence-electron chi connectivity index (χ2n) is 7.94. The standard InChI is InChI=1S/C18H28N6O4/c1-11-7-23(8-12(2)28-11)17(25)15-16(13-3-5-19-6-4-13)24(22-21-15)9-14-10-27-18(26)20-14/h11-14,19H,3-10H2,1-2H3,(H,20,26)/t11-,12+,14?. The van der Waals surface area contributed by atoms with E-state index in [1.54, 1.807) is 4.68 Å². The molecule has 3 atom stereocenters. The first kappa shape index (κ1) is 19.1. The molecule has 4 rings (SSSR count). The second-order valence-corrected chi connectivity index (χ2v) is 7.94. The van der Waals surface area contributed by atoms with Crippen LogP contribution in [-0.4, -0.2) is 82.9 Å². The number of piperidine rings is 1. The van der Waals surface area contributed by atoms with Crippen LogP contribution in [0.1, 0.15) is 48.8 Å². The molecule has 10 nitrogen and oxygen atoms in total. The summed E-state index contributed by atoms with van der Waals surface area (Å²) in [5.74, 6) is 0.123. The van der Waals surface area contributed by atoms with Crippen molar-refractivity contribution in [2.45, 2.75) is 57.4 Å². The van der Waals surface area contributed by atoms with E-state index in [0.717, 1.165) is 31.6 Å². The summed E-state index contributed by atoms with van der Waals surface area (Å²) in [6.07, 6.45) is 1.43. The fraction of sp³-hybridized carbons (Fsp3) is 0.778. The SMILES string of the molecule is C[C@@H]1CN(C(=O)c2nnn(CC3COC(=O)N3)c2C2CCNCC2)C[C@H](C)O1. The summed E-state index contributed by atoms with van der Waals surface area (Å²) in [4.78, 5) is 26.5. The van der Waals surface area contributed by atoms with Gasteiger partial charge in [-0.2, -0.15) is 0 Å². The number of nitrogens with zero attached hydrogens (tertiary/aromatic N) is 4.